The molecule has 1 heterocycles. The molecule has 0 fully saturated rings. The number of carbonyl (C=O) groups is 1. The van der Waals surface area contributed by atoms with E-state index in [1.165, 1.54) is 29.2 Å². The molecule has 122 valence electrons. The number of aromatic nitrogens is 4. The topological polar surface area (TPSA) is 81.9 Å². The van der Waals surface area contributed by atoms with Crippen molar-refractivity contribution in [3.05, 3.63) is 65.7 Å². The monoisotopic (exact) mass is 327 g/mol. The minimum atomic E-state index is -0.612. The standard InChI is InChI=1S/C16H14FN5O2/c1-24-13-5-2-11(3-6-13)9-18-16(23)14-8-12(4-7-15(14)17)22-10-19-20-21-22/h2-8,10H,9H2,1H3,(H,18,23). The highest BCUT2D eigenvalue weighted by Crippen LogP contribution is 2.14. The molecular weight excluding hydrogens is 313 g/mol. The van der Waals surface area contributed by atoms with E-state index in [4.69, 9.17) is 4.74 Å². The molecule has 0 unspecified atom stereocenters. The van der Waals surface area contributed by atoms with Crippen LogP contribution in [0.2, 0.25) is 0 Å². The van der Waals surface area contributed by atoms with Crippen molar-refractivity contribution in [3.8, 4) is 11.4 Å². The van der Waals surface area contributed by atoms with Gasteiger partial charge in [0.05, 0.1) is 18.4 Å². The Kier molecular flexibility index (Phi) is 4.46. The predicted octanol–water partition coefficient (Wildman–Crippen LogP) is 1.74. The Bertz CT molecular complexity index is 834. The molecule has 24 heavy (non-hydrogen) atoms. The van der Waals surface area contributed by atoms with Crippen LogP contribution in [-0.4, -0.2) is 33.2 Å². The number of carbonyl (C=O) groups excluding carboxylic acids is 1. The summed E-state index contributed by atoms with van der Waals surface area (Å²) in [6.45, 7) is 0.275. The molecule has 7 nitrogen and oxygen atoms in total. The first-order chi connectivity index (χ1) is 11.7. The third-order valence-electron chi connectivity index (χ3n) is 3.42. The van der Waals surface area contributed by atoms with Crippen molar-refractivity contribution in [2.45, 2.75) is 6.54 Å². The molecule has 0 aliphatic heterocycles. The normalized spacial score (nSPS) is 10.4. The van der Waals surface area contributed by atoms with Crippen LogP contribution in [0.3, 0.4) is 0 Å². The van der Waals surface area contributed by atoms with E-state index in [-0.39, 0.29) is 12.1 Å². The molecule has 0 aliphatic rings. The van der Waals surface area contributed by atoms with Gasteiger partial charge in [-0.2, -0.15) is 0 Å². The van der Waals surface area contributed by atoms with E-state index in [1.807, 2.05) is 12.1 Å². The van der Waals surface area contributed by atoms with Crippen LogP contribution in [0.15, 0.2) is 48.8 Å². The van der Waals surface area contributed by atoms with Gasteiger partial charge in [0.15, 0.2) is 0 Å². The maximum Gasteiger partial charge on any atom is 0.254 e. The average Bonchev–Trinajstić information content (AvgIpc) is 3.15. The number of rotatable bonds is 5. The van der Waals surface area contributed by atoms with Crippen LogP contribution in [-0.2, 0) is 6.54 Å². The molecule has 8 heteroatoms. The summed E-state index contributed by atoms with van der Waals surface area (Å²) in [5.74, 6) is -0.400. The van der Waals surface area contributed by atoms with Crippen molar-refractivity contribution in [3.63, 3.8) is 0 Å². The Morgan fingerprint density at radius 3 is 2.71 bits per heavy atom. The van der Waals surface area contributed by atoms with E-state index < -0.39 is 11.7 Å². The van der Waals surface area contributed by atoms with E-state index in [9.17, 15) is 9.18 Å². The summed E-state index contributed by atoms with van der Waals surface area (Å²) in [7, 11) is 1.58. The minimum absolute atomic E-state index is 0.0727. The summed E-state index contributed by atoms with van der Waals surface area (Å²) in [4.78, 5) is 12.2. The lowest BCUT2D eigenvalue weighted by molar-refractivity contribution is 0.0947. The molecule has 1 amide bonds. The van der Waals surface area contributed by atoms with E-state index in [0.717, 1.165) is 11.3 Å². The Morgan fingerprint density at radius 2 is 2.04 bits per heavy atom. The number of benzene rings is 2. The summed E-state index contributed by atoms with van der Waals surface area (Å²) in [6.07, 6.45) is 1.37. The zero-order valence-electron chi connectivity index (χ0n) is 12.8. The zero-order valence-corrected chi connectivity index (χ0v) is 12.8. The second kappa shape index (κ2) is 6.86. The lowest BCUT2D eigenvalue weighted by atomic mass is 10.1. The second-order valence-electron chi connectivity index (χ2n) is 4.95. The van der Waals surface area contributed by atoms with Gasteiger partial charge in [0.1, 0.15) is 17.9 Å². The summed E-state index contributed by atoms with van der Waals surface area (Å²) in [5.41, 5.74) is 1.30. The smallest absolute Gasteiger partial charge is 0.254 e. The fraction of sp³-hybridized carbons (Fsp3) is 0.125. The molecule has 1 N–H and O–H groups in total. The van der Waals surface area contributed by atoms with Crippen LogP contribution in [0.1, 0.15) is 15.9 Å². The van der Waals surface area contributed by atoms with Gasteiger partial charge >= 0.3 is 0 Å². The average molecular weight is 327 g/mol. The number of nitrogens with one attached hydrogen (secondary N) is 1. The number of amides is 1. The van der Waals surface area contributed by atoms with Gasteiger partial charge in [-0.1, -0.05) is 12.1 Å². The predicted molar refractivity (Wildman–Crippen MR) is 83.3 cm³/mol. The van der Waals surface area contributed by atoms with Crippen LogP contribution < -0.4 is 10.1 Å². The molecular formula is C16H14FN5O2. The highest BCUT2D eigenvalue weighted by molar-refractivity contribution is 5.95. The lowest BCUT2D eigenvalue weighted by Crippen LogP contribution is -2.24. The first-order valence-corrected chi connectivity index (χ1v) is 7.11. The molecule has 0 bridgehead atoms. The summed E-state index contributed by atoms with van der Waals surface area (Å²) >= 11 is 0. The largest absolute Gasteiger partial charge is 0.497 e. The number of hydrogen-bond acceptors (Lipinski definition) is 5. The molecule has 0 radical (unpaired) electrons. The maximum atomic E-state index is 13.9. The van der Waals surface area contributed by atoms with Crippen LogP contribution in [0.25, 0.3) is 5.69 Å². The van der Waals surface area contributed by atoms with Gasteiger partial charge in [-0.15, -0.1) is 5.10 Å². The van der Waals surface area contributed by atoms with Crippen molar-refractivity contribution in [1.82, 2.24) is 25.5 Å². The molecule has 0 saturated heterocycles. The van der Waals surface area contributed by atoms with Gasteiger partial charge in [-0.3, -0.25) is 4.79 Å². The molecule has 0 atom stereocenters. The number of hydrogen-bond donors (Lipinski definition) is 1. The molecule has 0 saturated carbocycles. The lowest BCUT2D eigenvalue weighted by Gasteiger charge is -2.08. The molecule has 2 aromatic carbocycles. The molecule has 3 aromatic rings. The Balaban J connectivity index is 1.73. The third-order valence-corrected chi connectivity index (χ3v) is 3.42. The summed E-state index contributed by atoms with van der Waals surface area (Å²) in [6, 6.07) is 11.3. The van der Waals surface area contributed by atoms with Gasteiger partial charge in [-0.05, 0) is 46.3 Å². The van der Waals surface area contributed by atoms with Crippen LogP contribution in [0.4, 0.5) is 4.39 Å². The fourth-order valence-electron chi connectivity index (χ4n) is 2.13. The summed E-state index contributed by atoms with van der Waals surface area (Å²) < 4.78 is 20.4. The van der Waals surface area contributed by atoms with Crippen molar-refractivity contribution < 1.29 is 13.9 Å². The first-order valence-electron chi connectivity index (χ1n) is 7.11. The van der Waals surface area contributed by atoms with Crippen molar-refractivity contribution in [1.29, 1.82) is 0 Å². The molecule has 0 spiro atoms. The quantitative estimate of drug-likeness (QED) is 0.772. The molecule has 1 aromatic heterocycles. The van der Waals surface area contributed by atoms with Gasteiger partial charge in [0.2, 0.25) is 0 Å². The number of tetrazole rings is 1. The third kappa shape index (κ3) is 3.37. The Morgan fingerprint density at radius 1 is 1.25 bits per heavy atom. The SMILES string of the molecule is COc1ccc(CNC(=O)c2cc(-n3cnnn3)ccc2F)cc1. The van der Waals surface area contributed by atoms with Crippen molar-refractivity contribution in [2.75, 3.05) is 7.11 Å². The van der Waals surface area contributed by atoms with E-state index >= 15 is 0 Å². The van der Waals surface area contributed by atoms with Gasteiger partial charge < -0.3 is 10.1 Å². The number of ether oxygens (including phenoxy) is 1. The number of methoxy groups -OCH3 is 1. The van der Waals surface area contributed by atoms with Gasteiger partial charge in [0.25, 0.3) is 5.91 Å². The van der Waals surface area contributed by atoms with Gasteiger partial charge in [0, 0.05) is 6.54 Å². The molecule has 3 rings (SSSR count). The molecule has 0 aliphatic carbocycles. The van der Waals surface area contributed by atoms with E-state index in [1.54, 1.807) is 19.2 Å². The van der Waals surface area contributed by atoms with Crippen LogP contribution in [0.5, 0.6) is 5.75 Å². The van der Waals surface area contributed by atoms with Crippen molar-refractivity contribution >= 4 is 5.91 Å². The van der Waals surface area contributed by atoms with Crippen molar-refractivity contribution in [2.24, 2.45) is 0 Å². The second-order valence-corrected chi connectivity index (χ2v) is 4.95. The van der Waals surface area contributed by atoms with E-state index in [2.05, 4.69) is 20.8 Å². The number of nitrogens with zero attached hydrogens (tertiary/aromatic N) is 4. The zero-order chi connectivity index (χ0) is 16.9. The number of halogens is 1. The Labute approximate surface area is 137 Å². The van der Waals surface area contributed by atoms with Crippen LogP contribution >= 0.6 is 0 Å². The highest BCUT2D eigenvalue weighted by Gasteiger charge is 2.13. The first kappa shape index (κ1) is 15.6. The maximum absolute atomic E-state index is 13.9. The fourth-order valence-corrected chi connectivity index (χ4v) is 2.13. The minimum Gasteiger partial charge on any atom is -0.497 e. The highest BCUT2D eigenvalue weighted by atomic mass is 19.1. The van der Waals surface area contributed by atoms with Crippen LogP contribution in [0, 0.1) is 5.82 Å². The van der Waals surface area contributed by atoms with Gasteiger partial charge in [-0.25, -0.2) is 9.07 Å². The Hall–Kier alpha value is -3.29. The summed E-state index contributed by atoms with van der Waals surface area (Å²) in [5, 5.41) is 13.4. The van der Waals surface area contributed by atoms with E-state index in [0.29, 0.717) is 5.69 Å².